The van der Waals surface area contributed by atoms with Gasteiger partial charge in [-0.3, -0.25) is 13.8 Å². The molecule has 0 bridgehead atoms. The molecule has 0 aliphatic rings. The molecule has 0 aromatic carbocycles. The van der Waals surface area contributed by atoms with Gasteiger partial charge in [0.05, 0.1) is 39.9 Å². The number of amides is 1. The number of quaternary nitrogens is 1. The zero-order valence-corrected chi connectivity index (χ0v) is 43.2. The van der Waals surface area contributed by atoms with Crippen LogP contribution in [0.1, 0.15) is 251 Å². The van der Waals surface area contributed by atoms with Crippen LogP contribution >= 0.6 is 7.82 Å². The lowest BCUT2D eigenvalue weighted by Gasteiger charge is -2.25. The minimum absolute atomic E-state index is 0.0600. The molecule has 3 unspecified atom stereocenters. The molecule has 3 atom stereocenters. The van der Waals surface area contributed by atoms with Gasteiger partial charge >= 0.3 is 7.82 Å². The van der Waals surface area contributed by atoms with Gasteiger partial charge in [0.2, 0.25) is 5.91 Å². The Balaban J connectivity index is 4.28. The molecule has 0 radical (unpaired) electrons. The number of aliphatic hydroxyl groups is 1. The lowest BCUT2D eigenvalue weighted by molar-refractivity contribution is -0.870. The van der Waals surface area contributed by atoms with Crippen LogP contribution in [-0.4, -0.2) is 73.4 Å². The number of likely N-dealkylation sites (N-methyl/N-ethyl adjacent to an activating group) is 1. The van der Waals surface area contributed by atoms with Crippen molar-refractivity contribution >= 4 is 13.7 Å². The predicted octanol–water partition coefficient (Wildman–Crippen LogP) is 15.8. The molecule has 1 amide bonds. The minimum Gasteiger partial charge on any atom is -0.387 e. The smallest absolute Gasteiger partial charge is 0.387 e. The van der Waals surface area contributed by atoms with Gasteiger partial charge in [-0.05, 0) is 51.4 Å². The predicted molar refractivity (Wildman–Crippen MR) is 272 cm³/mol. The van der Waals surface area contributed by atoms with Gasteiger partial charge in [0.1, 0.15) is 13.2 Å². The fourth-order valence-electron chi connectivity index (χ4n) is 7.84. The van der Waals surface area contributed by atoms with Crippen LogP contribution in [0, 0.1) is 0 Å². The largest absolute Gasteiger partial charge is 0.472 e. The number of aliphatic hydroxyl groups excluding tert-OH is 1. The molecule has 0 heterocycles. The Labute approximate surface area is 391 Å². The molecule has 3 N–H and O–H groups in total. The van der Waals surface area contributed by atoms with Crippen LogP contribution in [-0.2, 0) is 18.4 Å². The number of hydrogen-bond donors (Lipinski definition) is 3. The van der Waals surface area contributed by atoms with E-state index in [4.69, 9.17) is 9.05 Å². The number of hydrogen-bond acceptors (Lipinski definition) is 5. The zero-order chi connectivity index (χ0) is 46.4. The summed E-state index contributed by atoms with van der Waals surface area (Å²) in [5.41, 5.74) is 0. The Bertz CT molecular complexity index is 1120. The summed E-state index contributed by atoms with van der Waals surface area (Å²) in [5, 5.41) is 13.9. The highest BCUT2D eigenvalue weighted by Gasteiger charge is 2.27. The highest BCUT2D eigenvalue weighted by molar-refractivity contribution is 7.47. The van der Waals surface area contributed by atoms with Crippen molar-refractivity contribution in [2.24, 2.45) is 0 Å². The fraction of sp³-hybridized carbons (Fsp3) is 0.870. The molecule has 0 saturated carbocycles. The highest BCUT2D eigenvalue weighted by Crippen LogP contribution is 2.43. The molecular weight excluding hydrogens is 804 g/mol. The molecule has 0 aliphatic heterocycles. The molecule has 0 saturated heterocycles. The van der Waals surface area contributed by atoms with Crippen molar-refractivity contribution in [1.29, 1.82) is 0 Å². The Kier molecular flexibility index (Phi) is 44.9. The number of unbranched alkanes of at least 4 members (excludes halogenated alkanes) is 32. The Morgan fingerprint density at radius 2 is 0.905 bits per heavy atom. The zero-order valence-electron chi connectivity index (χ0n) is 42.3. The van der Waals surface area contributed by atoms with Crippen LogP contribution in [0.2, 0.25) is 0 Å². The standard InChI is InChI=1S/C54H105N2O6P/c1-6-8-10-12-14-16-18-20-22-24-26-27-28-29-30-31-33-35-37-39-41-43-45-47-53(57)52(51-62-63(59,60)61-50-49-56(3,4)5)55-54(58)48-46-44-42-40-38-36-34-32-25-23-21-19-17-15-13-11-9-7-2/h17,19,23,25,45,47,52-53,57H,6-16,18,20-22,24,26-44,46,48-51H2,1-5H3,(H-,55,58,59,60)/p+1/b19-17-,25-23-,47-45+. The van der Waals surface area contributed by atoms with E-state index in [9.17, 15) is 19.4 Å². The molecule has 372 valence electrons. The van der Waals surface area contributed by atoms with E-state index < -0.39 is 20.0 Å². The van der Waals surface area contributed by atoms with Crippen molar-refractivity contribution in [3.63, 3.8) is 0 Å². The van der Waals surface area contributed by atoms with Crippen LogP contribution < -0.4 is 5.32 Å². The molecule has 0 spiro atoms. The average molecular weight is 910 g/mol. The molecule has 0 aromatic heterocycles. The average Bonchev–Trinajstić information content (AvgIpc) is 3.24. The van der Waals surface area contributed by atoms with Crippen molar-refractivity contribution in [3.05, 3.63) is 36.5 Å². The summed E-state index contributed by atoms with van der Waals surface area (Å²) in [6.45, 7) is 4.82. The lowest BCUT2D eigenvalue weighted by Crippen LogP contribution is -2.45. The molecule has 8 nitrogen and oxygen atoms in total. The van der Waals surface area contributed by atoms with Gasteiger partial charge in [-0.2, -0.15) is 0 Å². The number of phosphoric ester groups is 1. The van der Waals surface area contributed by atoms with E-state index in [2.05, 4.69) is 43.5 Å². The number of allylic oxidation sites excluding steroid dienone is 5. The lowest BCUT2D eigenvalue weighted by atomic mass is 10.0. The molecule has 9 heteroatoms. The first-order chi connectivity index (χ1) is 30.5. The van der Waals surface area contributed by atoms with Crippen molar-refractivity contribution < 1.29 is 32.9 Å². The van der Waals surface area contributed by atoms with Gasteiger partial charge in [-0.15, -0.1) is 0 Å². The van der Waals surface area contributed by atoms with E-state index in [1.54, 1.807) is 6.08 Å². The monoisotopic (exact) mass is 910 g/mol. The second-order valence-electron chi connectivity index (χ2n) is 19.6. The van der Waals surface area contributed by atoms with Crippen LogP contribution in [0.3, 0.4) is 0 Å². The number of nitrogens with one attached hydrogen (secondary N) is 1. The van der Waals surface area contributed by atoms with Crippen LogP contribution in [0.5, 0.6) is 0 Å². The summed E-state index contributed by atoms with van der Waals surface area (Å²) >= 11 is 0. The van der Waals surface area contributed by atoms with E-state index in [1.807, 2.05) is 27.2 Å². The third-order valence-electron chi connectivity index (χ3n) is 12.1. The molecule has 0 aromatic rings. The van der Waals surface area contributed by atoms with Crippen molar-refractivity contribution in [2.45, 2.75) is 264 Å². The second-order valence-corrected chi connectivity index (χ2v) is 21.1. The van der Waals surface area contributed by atoms with Gasteiger partial charge in [0.15, 0.2) is 0 Å². The molecule has 63 heavy (non-hydrogen) atoms. The normalized spacial score (nSPS) is 14.3. The maximum Gasteiger partial charge on any atom is 0.472 e. The van der Waals surface area contributed by atoms with Gasteiger partial charge in [-0.25, -0.2) is 4.57 Å². The molecule has 0 fully saturated rings. The van der Waals surface area contributed by atoms with Gasteiger partial charge in [-0.1, -0.05) is 230 Å². The maximum atomic E-state index is 12.9. The quantitative estimate of drug-likeness (QED) is 0.0243. The van der Waals surface area contributed by atoms with E-state index in [-0.39, 0.29) is 19.1 Å². The van der Waals surface area contributed by atoms with E-state index in [1.165, 1.54) is 180 Å². The molecule has 0 aliphatic carbocycles. The fourth-order valence-corrected chi connectivity index (χ4v) is 8.57. The van der Waals surface area contributed by atoms with Crippen molar-refractivity contribution in [2.75, 3.05) is 40.9 Å². The van der Waals surface area contributed by atoms with Crippen LogP contribution in [0.4, 0.5) is 0 Å². The Morgan fingerprint density at radius 1 is 0.540 bits per heavy atom. The number of carbonyl (C=O) groups is 1. The third-order valence-corrected chi connectivity index (χ3v) is 13.1. The van der Waals surface area contributed by atoms with Crippen LogP contribution in [0.15, 0.2) is 36.5 Å². The first-order valence-corrected chi connectivity index (χ1v) is 28.4. The van der Waals surface area contributed by atoms with E-state index >= 15 is 0 Å². The second kappa shape index (κ2) is 45.9. The Morgan fingerprint density at radius 3 is 1.32 bits per heavy atom. The summed E-state index contributed by atoms with van der Waals surface area (Å²) < 4.78 is 23.7. The Hall–Kier alpha value is -1.28. The summed E-state index contributed by atoms with van der Waals surface area (Å²) in [6, 6.07) is -0.850. The van der Waals surface area contributed by atoms with Crippen molar-refractivity contribution in [3.8, 4) is 0 Å². The number of phosphoric acid groups is 1. The number of carbonyl (C=O) groups excluding carboxylic acids is 1. The SMILES string of the molecule is CCCCCC/C=C\C/C=C\CCCCCCCCCC(=O)NC(COP(=O)(O)OCC[N+](C)(C)C)C(O)/C=C/CCCCCCCCCCCCCCCCCCCCCCC. The maximum absolute atomic E-state index is 12.9. The highest BCUT2D eigenvalue weighted by atomic mass is 31.2. The minimum atomic E-state index is -4.35. The summed E-state index contributed by atoms with van der Waals surface area (Å²) in [5.74, 6) is -0.183. The van der Waals surface area contributed by atoms with Gasteiger partial charge in [0, 0.05) is 6.42 Å². The van der Waals surface area contributed by atoms with E-state index in [0.29, 0.717) is 17.4 Å². The van der Waals surface area contributed by atoms with Crippen LogP contribution in [0.25, 0.3) is 0 Å². The topological polar surface area (TPSA) is 105 Å². The van der Waals surface area contributed by atoms with Gasteiger partial charge in [0.25, 0.3) is 0 Å². The summed E-state index contributed by atoms with van der Waals surface area (Å²) in [4.78, 5) is 23.2. The third kappa shape index (κ3) is 48.5. The number of rotatable bonds is 49. The molecule has 0 rings (SSSR count). The first kappa shape index (κ1) is 61.7. The van der Waals surface area contributed by atoms with Crippen molar-refractivity contribution in [1.82, 2.24) is 5.32 Å². The van der Waals surface area contributed by atoms with E-state index in [0.717, 1.165) is 51.4 Å². The first-order valence-electron chi connectivity index (χ1n) is 26.9. The summed E-state index contributed by atoms with van der Waals surface area (Å²) in [7, 11) is 1.57. The summed E-state index contributed by atoms with van der Waals surface area (Å²) in [6.07, 6.45) is 58.0. The van der Waals surface area contributed by atoms with Gasteiger partial charge < -0.3 is 19.8 Å². The molecular formula is C54H106N2O6P+. The number of nitrogens with zero attached hydrogens (tertiary/aromatic N) is 1.